The van der Waals surface area contributed by atoms with Gasteiger partial charge in [0.2, 0.25) is 5.91 Å². The first kappa shape index (κ1) is 21.8. The lowest BCUT2D eigenvalue weighted by Gasteiger charge is -2.46. The monoisotopic (exact) mass is 461 g/mol. The predicted octanol–water partition coefficient (Wildman–Crippen LogP) is 5.05. The Kier molecular flexibility index (Phi) is 5.64. The number of fused-ring (bicyclic) bond motifs is 3. The fourth-order valence-corrected chi connectivity index (χ4v) is 6.80. The number of halogens is 1. The minimum absolute atomic E-state index is 0.212. The van der Waals surface area contributed by atoms with Gasteiger partial charge in [0, 0.05) is 43.1 Å². The molecule has 1 N–H and O–H groups in total. The highest BCUT2D eigenvalue weighted by Crippen LogP contribution is 2.45. The van der Waals surface area contributed by atoms with Crippen molar-refractivity contribution >= 4 is 16.9 Å². The van der Waals surface area contributed by atoms with E-state index in [1.54, 1.807) is 6.07 Å². The van der Waals surface area contributed by atoms with Crippen LogP contribution in [0.5, 0.6) is 0 Å². The van der Waals surface area contributed by atoms with Crippen LogP contribution < -0.4 is 0 Å². The molecule has 3 fully saturated rings. The third kappa shape index (κ3) is 3.82. The highest BCUT2D eigenvalue weighted by Gasteiger charge is 2.50. The number of nitrogens with one attached hydrogen (secondary N) is 1. The van der Waals surface area contributed by atoms with Crippen LogP contribution in [0.4, 0.5) is 4.39 Å². The first-order chi connectivity index (χ1) is 16.6. The number of amides is 1. The lowest BCUT2D eigenvalue weighted by Crippen LogP contribution is -2.55. The van der Waals surface area contributed by atoms with Crippen molar-refractivity contribution in [2.75, 3.05) is 13.2 Å². The molecule has 6 heteroatoms. The second kappa shape index (κ2) is 8.81. The van der Waals surface area contributed by atoms with Crippen LogP contribution in [0, 0.1) is 17.2 Å². The van der Waals surface area contributed by atoms with Gasteiger partial charge in [0.25, 0.3) is 0 Å². The molecule has 0 radical (unpaired) electrons. The van der Waals surface area contributed by atoms with Crippen molar-refractivity contribution in [2.45, 2.75) is 63.5 Å². The molecule has 5 heterocycles. The van der Waals surface area contributed by atoms with Crippen LogP contribution >= 0.6 is 0 Å². The molecular weight excluding hydrogens is 429 g/mol. The van der Waals surface area contributed by atoms with E-state index in [-0.39, 0.29) is 11.7 Å². The van der Waals surface area contributed by atoms with E-state index in [0.717, 1.165) is 37.8 Å². The van der Waals surface area contributed by atoms with E-state index >= 15 is 0 Å². The zero-order valence-corrected chi connectivity index (χ0v) is 19.5. The number of piperidine rings is 1. The van der Waals surface area contributed by atoms with Gasteiger partial charge in [-0.2, -0.15) is 0 Å². The molecule has 6 rings (SSSR count). The van der Waals surface area contributed by atoms with Gasteiger partial charge < -0.3 is 14.6 Å². The van der Waals surface area contributed by atoms with E-state index in [2.05, 4.69) is 27.0 Å². The highest BCUT2D eigenvalue weighted by atomic mass is 19.1. The molecule has 2 bridgehead atoms. The van der Waals surface area contributed by atoms with Crippen LogP contribution in [-0.4, -0.2) is 46.1 Å². The number of carbonyl (C=O) groups is 1. The maximum Gasteiger partial charge on any atom is 0.229 e. The van der Waals surface area contributed by atoms with E-state index in [1.807, 2.05) is 24.5 Å². The van der Waals surface area contributed by atoms with E-state index in [9.17, 15) is 9.18 Å². The van der Waals surface area contributed by atoms with E-state index in [0.29, 0.717) is 56.0 Å². The van der Waals surface area contributed by atoms with E-state index < -0.39 is 5.41 Å². The summed E-state index contributed by atoms with van der Waals surface area (Å²) in [5, 5.41) is 1.21. The summed E-state index contributed by atoms with van der Waals surface area (Å²) in [7, 11) is 0. The molecule has 3 aliphatic rings. The van der Waals surface area contributed by atoms with Crippen molar-refractivity contribution in [3.8, 4) is 0 Å². The van der Waals surface area contributed by atoms with Crippen molar-refractivity contribution in [1.29, 1.82) is 0 Å². The summed E-state index contributed by atoms with van der Waals surface area (Å²) in [6, 6.07) is 11.8. The Balaban J connectivity index is 1.22. The number of nitrogens with zero attached hydrogens (tertiary/aromatic N) is 2. The third-order valence-corrected chi connectivity index (χ3v) is 8.51. The maximum atomic E-state index is 14.6. The second-order valence-electron chi connectivity index (χ2n) is 10.5. The molecule has 0 aliphatic carbocycles. The van der Waals surface area contributed by atoms with Crippen LogP contribution in [0.2, 0.25) is 0 Å². The van der Waals surface area contributed by atoms with Crippen LogP contribution in [0.1, 0.15) is 49.7 Å². The summed E-state index contributed by atoms with van der Waals surface area (Å²) < 4.78 is 20.2. The number of hydrogen-bond acceptors (Lipinski definition) is 3. The summed E-state index contributed by atoms with van der Waals surface area (Å²) >= 11 is 0. The molecule has 34 heavy (non-hydrogen) atoms. The van der Waals surface area contributed by atoms with Crippen LogP contribution in [0.25, 0.3) is 11.0 Å². The van der Waals surface area contributed by atoms with Gasteiger partial charge in [-0.3, -0.25) is 4.79 Å². The fraction of sp³-hybridized carbons (Fsp3) is 0.500. The van der Waals surface area contributed by atoms with Gasteiger partial charge in [0.1, 0.15) is 11.5 Å². The number of pyridine rings is 1. The predicted molar refractivity (Wildman–Crippen MR) is 129 cm³/mol. The molecule has 3 saturated heterocycles. The van der Waals surface area contributed by atoms with Gasteiger partial charge in [-0.05, 0) is 86.6 Å². The SMILES string of the molecule is O=C(N1C2CCC1CC(Cc1ccnc3[nH]ccc13)C2)C1(Cc2ccccc2F)CCOCC1. The number of hydrogen-bond donors (Lipinski definition) is 1. The fourth-order valence-electron chi connectivity index (χ4n) is 6.80. The molecule has 2 atom stereocenters. The van der Waals surface area contributed by atoms with Gasteiger partial charge in [-0.15, -0.1) is 0 Å². The smallest absolute Gasteiger partial charge is 0.229 e. The lowest BCUT2D eigenvalue weighted by molar-refractivity contribution is -0.153. The molecule has 0 spiro atoms. The first-order valence-corrected chi connectivity index (χ1v) is 12.7. The molecule has 178 valence electrons. The normalized spacial score (nSPS) is 26.1. The van der Waals surface area contributed by atoms with Gasteiger partial charge in [0.15, 0.2) is 0 Å². The largest absolute Gasteiger partial charge is 0.381 e. The third-order valence-electron chi connectivity index (χ3n) is 8.51. The van der Waals surface area contributed by atoms with Gasteiger partial charge >= 0.3 is 0 Å². The quantitative estimate of drug-likeness (QED) is 0.578. The molecule has 0 saturated carbocycles. The van der Waals surface area contributed by atoms with Crippen molar-refractivity contribution in [3.63, 3.8) is 0 Å². The van der Waals surface area contributed by atoms with Crippen molar-refractivity contribution in [1.82, 2.24) is 14.9 Å². The molecule has 2 unspecified atom stereocenters. The number of H-pyrrole nitrogens is 1. The van der Waals surface area contributed by atoms with Crippen LogP contribution in [0.3, 0.4) is 0 Å². The van der Waals surface area contributed by atoms with Gasteiger partial charge in [-0.25, -0.2) is 9.37 Å². The van der Waals surface area contributed by atoms with Crippen molar-refractivity contribution in [3.05, 3.63) is 65.7 Å². The second-order valence-corrected chi connectivity index (χ2v) is 10.5. The molecule has 3 aliphatic heterocycles. The average Bonchev–Trinajstić information content (AvgIpc) is 3.44. The highest BCUT2D eigenvalue weighted by molar-refractivity contribution is 5.84. The summed E-state index contributed by atoms with van der Waals surface area (Å²) in [6.07, 6.45) is 10.9. The minimum Gasteiger partial charge on any atom is -0.381 e. The van der Waals surface area contributed by atoms with Crippen molar-refractivity contribution in [2.24, 2.45) is 11.3 Å². The molecule has 5 nitrogen and oxygen atoms in total. The summed E-state index contributed by atoms with van der Waals surface area (Å²) in [6.45, 7) is 1.14. The van der Waals surface area contributed by atoms with Crippen LogP contribution in [0.15, 0.2) is 48.8 Å². The number of rotatable bonds is 5. The molecule has 1 amide bonds. The van der Waals surface area contributed by atoms with E-state index in [4.69, 9.17) is 4.74 Å². The summed E-state index contributed by atoms with van der Waals surface area (Å²) in [5.74, 6) is 0.595. The molecule has 2 aromatic heterocycles. The number of aromatic nitrogens is 2. The zero-order chi connectivity index (χ0) is 23.1. The summed E-state index contributed by atoms with van der Waals surface area (Å²) in [5.41, 5.74) is 2.38. The summed E-state index contributed by atoms with van der Waals surface area (Å²) in [4.78, 5) is 24.1. The number of benzene rings is 1. The van der Waals surface area contributed by atoms with Gasteiger partial charge in [-0.1, -0.05) is 18.2 Å². The minimum atomic E-state index is -0.559. The molecule has 3 aromatic rings. The average molecular weight is 462 g/mol. The lowest BCUT2D eigenvalue weighted by atomic mass is 9.72. The molecule has 1 aromatic carbocycles. The van der Waals surface area contributed by atoms with Crippen molar-refractivity contribution < 1.29 is 13.9 Å². The standard InChI is InChI=1S/C28H32FN3O2/c29-25-4-2-1-3-21(25)18-28(9-13-34-14-10-28)27(33)32-22-5-6-23(32)17-19(16-22)15-20-7-11-30-26-24(20)8-12-31-26/h1-4,7-8,11-12,19,22-23H,5-6,9-10,13-18H2,(H,30,31). The Morgan fingerprint density at radius 2 is 1.85 bits per heavy atom. The molecular formula is C28H32FN3O2. The Morgan fingerprint density at radius 1 is 1.09 bits per heavy atom. The zero-order valence-electron chi connectivity index (χ0n) is 19.5. The topological polar surface area (TPSA) is 58.2 Å². The van der Waals surface area contributed by atoms with E-state index in [1.165, 1.54) is 17.0 Å². The Bertz CT molecular complexity index is 1170. The maximum absolute atomic E-state index is 14.6. The Labute approximate surface area is 199 Å². The Hall–Kier alpha value is -2.73. The Morgan fingerprint density at radius 3 is 2.62 bits per heavy atom. The number of carbonyl (C=O) groups excluding carboxylic acids is 1. The van der Waals surface area contributed by atoms with Gasteiger partial charge in [0.05, 0.1) is 5.41 Å². The number of ether oxygens (including phenoxy) is 1. The first-order valence-electron chi connectivity index (χ1n) is 12.7. The number of aromatic amines is 1. The van der Waals surface area contributed by atoms with Crippen LogP contribution in [-0.2, 0) is 22.4 Å².